The van der Waals surface area contributed by atoms with Crippen molar-refractivity contribution in [1.29, 1.82) is 0 Å². The maximum Gasteiger partial charge on any atom is 0.151 e. The normalized spacial score (nSPS) is 11.0. The summed E-state index contributed by atoms with van der Waals surface area (Å²) in [4.78, 5) is 4.36. The van der Waals surface area contributed by atoms with Crippen molar-refractivity contribution in [3.05, 3.63) is 48.3 Å². The standard InChI is InChI=1S/C14H12FN3/c1-18-12-4-2-3-11(15)13(12)17-14(18)9-5-7-10(16)8-6-9/h2-8H,16H2,1H3. The van der Waals surface area contributed by atoms with Gasteiger partial charge in [-0.05, 0) is 36.4 Å². The first-order valence-corrected chi connectivity index (χ1v) is 5.63. The predicted molar refractivity (Wildman–Crippen MR) is 70.5 cm³/mol. The Morgan fingerprint density at radius 1 is 1.11 bits per heavy atom. The minimum absolute atomic E-state index is 0.301. The molecule has 0 spiro atoms. The lowest BCUT2D eigenvalue weighted by atomic mass is 10.2. The molecule has 0 saturated heterocycles. The number of hydrogen-bond donors (Lipinski definition) is 1. The number of imidazole rings is 1. The summed E-state index contributed by atoms with van der Waals surface area (Å²) >= 11 is 0. The van der Waals surface area contributed by atoms with Crippen molar-refractivity contribution >= 4 is 16.7 Å². The number of benzene rings is 2. The maximum absolute atomic E-state index is 13.7. The van der Waals surface area contributed by atoms with Gasteiger partial charge in [-0.1, -0.05) is 6.07 Å². The van der Waals surface area contributed by atoms with Gasteiger partial charge in [0.05, 0.1) is 5.52 Å². The minimum Gasteiger partial charge on any atom is -0.399 e. The number of nitrogens with zero attached hydrogens (tertiary/aromatic N) is 2. The zero-order valence-corrected chi connectivity index (χ0v) is 9.89. The second kappa shape index (κ2) is 3.84. The van der Waals surface area contributed by atoms with Crippen LogP contribution in [-0.2, 0) is 7.05 Å². The quantitative estimate of drug-likeness (QED) is 0.666. The Labute approximate surface area is 104 Å². The molecular formula is C14H12FN3. The van der Waals surface area contributed by atoms with Crippen LogP contribution in [0.2, 0.25) is 0 Å². The third kappa shape index (κ3) is 1.54. The Hall–Kier alpha value is -2.36. The fourth-order valence-electron chi connectivity index (χ4n) is 2.07. The highest BCUT2D eigenvalue weighted by Crippen LogP contribution is 2.25. The highest BCUT2D eigenvalue weighted by molar-refractivity contribution is 5.81. The lowest BCUT2D eigenvalue weighted by Crippen LogP contribution is -1.92. The van der Waals surface area contributed by atoms with E-state index < -0.39 is 0 Å². The Morgan fingerprint density at radius 2 is 1.83 bits per heavy atom. The average Bonchev–Trinajstić information content (AvgIpc) is 2.70. The maximum atomic E-state index is 13.7. The highest BCUT2D eigenvalue weighted by Gasteiger charge is 2.12. The van der Waals surface area contributed by atoms with E-state index in [2.05, 4.69) is 4.98 Å². The minimum atomic E-state index is -0.301. The highest BCUT2D eigenvalue weighted by atomic mass is 19.1. The van der Waals surface area contributed by atoms with Crippen molar-refractivity contribution in [2.45, 2.75) is 0 Å². The summed E-state index contributed by atoms with van der Waals surface area (Å²) in [6, 6.07) is 12.3. The number of rotatable bonds is 1. The van der Waals surface area contributed by atoms with Crippen LogP contribution in [0.5, 0.6) is 0 Å². The Morgan fingerprint density at radius 3 is 2.50 bits per heavy atom. The lowest BCUT2D eigenvalue weighted by molar-refractivity contribution is 0.637. The van der Waals surface area contributed by atoms with Gasteiger partial charge in [-0.25, -0.2) is 9.37 Å². The molecule has 0 atom stereocenters. The van der Waals surface area contributed by atoms with Crippen LogP contribution in [-0.4, -0.2) is 9.55 Å². The first-order valence-electron chi connectivity index (χ1n) is 5.63. The van der Waals surface area contributed by atoms with Gasteiger partial charge in [0, 0.05) is 18.3 Å². The summed E-state index contributed by atoms with van der Waals surface area (Å²) in [6.07, 6.45) is 0. The van der Waals surface area contributed by atoms with Crippen molar-refractivity contribution in [1.82, 2.24) is 9.55 Å². The molecule has 90 valence electrons. The Kier molecular flexibility index (Phi) is 2.30. The zero-order valence-electron chi connectivity index (χ0n) is 9.89. The van der Waals surface area contributed by atoms with Gasteiger partial charge in [0.25, 0.3) is 0 Å². The van der Waals surface area contributed by atoms with E-state index in [0.717, 1.165) is 16.9 Å². The van der Waals surface area contributed by atoms with Gasteiger partial charge < -0.3 is 10.3 Å². The monoisotopic (exact) mass is 241 g/mol. The number of aryl methyl sites for hydroxylation is 1. The number of anilines is 1. The van der Waals surface area contributed by atoms with Gasteiger partial charge in [-0.2, -0.15) is 0 Å². The molecule has 18 heavy (non-hydrogen) atoms. The number of nitrogen functional groups attached to an aromatic ring is 1. The average molecular weight is 241 g/mol. The predicted octanol–water partition coefficient (Wildman–Crippen LogP) is 2.96. The van der Waals surface area contributed by atoms with Crippen LogP contribution in [0.15, 0.2) is 42.5 Å². The number of fused-ring (bicyclic) bond motifs is 1. The van der Waals surface area contributed by atoms with Crippen LogP contribution >= 0.6 is 0 Å². The summed E-state index contributed by atoms with van der Waals surface area (Å²) in [5, 5.41) is 0. The van der Waals surface area contributed by atoms with Gasteiger partial charge in [0.15, 0.2) is 5.82 Å². The molecule has 2 aromatic carbocycles. The van der Waals surface area contributed by atoms with Crippen LogP contribution in [0.1, 0.15) is 0 Å². The lowest BCUT2D eigenvalue weighted by Gasteiger charge is -2.02. The second-order valence-corrected chi connectivity index (χ2v) is 4.22. The summed E-state index contributed by atoms with van der Waals surface area (Å²) in [6.45, 7) is 0. The molecule has 0 amide bonds. The third-order valence-corrected chi connectivity index (χ3v) is 3.03. The molecule has 0 radical (unpaired) electrons. The van der Waals surface area contributed by atoms with Gasteiger partial charge in [0.2, 0.25) is 0 Å². The van der Waals surface area contributed by atoms with Gasteiger partial charge in [-0.3, -0.25) is 0 Å². The smallest absolute Gasteiger partial charge is 0.151 e. The zero-order chi connectivity index (χ0) is 12.7. The molecule has 2 N–H and O–H groups in total. The molecule has 0 aliphatic carbocycles. The van der Waals surface area contributed by atoms with Crippen molar-refractivity contribution in [2.75, 3.05) is 5.73 Å². The number of hydrogen-bond acceptors (Lipinski definition) is 2. The van der Waals surface area contributed by atoms with Crippen LogP contribution in [0.25, 0.3) is 22.4 Å². The fourth-order valence-corrected chi connectivity index (χ4v) is 2.07. The number of aromatic nitrogens is 2. The molecule has 3 rings (SSSR count). The first-order chi connectivity index (χ1) is 8.66. The van der Waals surface area contributed by atoms with Gasteiger partial charge in [0.1, 0.15) is 11.3 Å². The second-order valence-electron chi connectivity index (χ2n) is 4.22. The van der Waals surface area contributed by atoms with Gasteiger partial charge in [-0.15, -0.1) is 0 Å². The number of nitrogens with two attached hydrogens (primary N) is 1. The Bertz CT molecular complexity index is 714. The molecule has 0 aliphatic rings. The van der Waals surface area contributed by atoms with E-state index in [1.807, 2.05) is 41.9 Å². The van der Waals surface area contributed by atoms with Crippen molar-refractivity contribution in [3.63, 3.8) is 0 Å². The van der Waals surface area contributed by atoms with Crippen molar-refractivity contribution in [2.24, 2.45) is 7.05 Å². The van der Waals surface area contributed by atoms with E-state index >= 15 is 0 Å². The molecule has 3 aromatic rings. The van der Waals surface area contributed by atoms with E-state index in [0.29, 0.717) is 11.2 Å². The molecular weight excluding hydrogens is 229 g/mol. The molecule has 0 saturated carbocycles. The van der Waals surface area contributed by atoms with Crippen molar-refractivity contribution < 1.29 is 4.39 Å². The number of halogens is 1. The molecule has 0 unspecified atom stereocenters. The fraction of sp³-hybridized carbons (Fsp3) is 0.0714. The van der Waals surface area contributed by atoms with E-state index in [4.69, 9.17) is 5.73 Å². The largest absolute Gasteiger partial charge is 0.399 e. The van der Waals surface area contributed by atoms with E-state index in [-0.39, 0.29) is 5.82 Å². The summed E-state index contributed by atoms with van der Waals surface area (Å²) in [7, 11) is 1.88. The van der Waals surface area contributed by atoms with Crippen molar-refractivity contribution in [3.8, 4) is 11.4 Å². The van der Waals surface area contributed by atoms with E-state index in [1.54, 1.807) is 6.07 Å². The molecule has 0 aliphatic heterocycles. The molecule has 0 bridgehead atoms. The summed E-state index contributed by atoms with van der Waals surface area (Å²) in [5.41, 5.74) is 8.45. The summed E-state index contributed by atoms with van der Waals surface area (Å²) in [5.74, 6) is 0.430. The third-order valence-electron chi connectivity index (χ3n) is 3.03. The van der Waals surface area contributed by atoms with Gasteiger partial charge >= 0.3 is 0 Å². The number of para-hydroxylation sites is 1. The van der Waals surface area contributed by atoms with E-state index in [1.165, 1.54) is 6.07 Å². The molecule has 1 heterocycles. The van der Waals surface area contributed by atoms with E-state index in [9.17, 15) is 4.39 Å². The van der Waals surface area contributed by atoms with Crippen LogP contribution in [0.4, 0.5) is 10.1 Å². The molecule has 0 fully saturated rings. The van der Waals surface area contributed by atoms with Crippen LogP contribution in [0.3, 0.4) is 0 Å². The van der Waals surface area contributed by atoms with Crippen LogP contribution < -0.4 is 5.73 Å². The first kappa shape index (κ1) is 10.8. The Balaban J connectivity index is 2.27. The molecule has 4 heteroatoms. The topological polar surface area (TPSA) is 43.8 Å². The SMILES string of the molecule is Cn1c(-c2ccc(N)cc2)nc2c(F)cccc21. The molecule has 1 aromatic heterocycles. The summed E-state index contributed by atoms with van der Waals surface area (Å²) < 4.78 is 15.5. The molecule has 3 nitrogen and oxygen atoms in total. The van der Waals surface area contributed by atoms with Crippen LogP contribution in [0, 0.1) is 5.82 Å².